The van der Waals surface area contributed by atoms with Crippen molar-refractivity contribution < 1.29 is 17.9 Å². The number of ether oxygens (including phenoxy) is 1. The summed E-state index contributed by atoms with van der Waals surface area (Å²) in [6.45, 7) is 5.83. The van der Waals surface area contributed by atoms with E-state index < -0.39 is 10.0 Å². The third-order valence-electron chi connectivity index (χ3n) is 5.49. The van der Waals surface area contributed by atoms with Gasteiger partial charge in [-0.1, -0.05) is 0 Å². The van der Waals surface area contributed by atoms with Crippen LogP contribution in [0.1, 0.15) is 52.4 Å². The molecule has 0 radical (unpaired) electrons. The summed E-state index contributed by atoms with van der Waals surface area (Å²) in [5.74, 6) is 0. The Labute approximate surface area is 151 Å². The number of hydrogen-bond donors (Lipinski definition) is 1. The highest BCUT2D eigenvalue weighted by atomic mass is 32.2. The second-order valence-corrected chi connectivity index (χ2v) is 9.98. The van der Waals surface area contributed by atoms with E-state index in [-0.39, 0.29) is 29.8 Å². The summed E-state index contributed by atoms with van der Waals surface area (Å²) in [5.41, 5.74) is -0.282. The minimum absolute atomic E-state index is 0.0204. The lowest BCUT2D eigenvalue weighted by atomic mass is 9.82. The number of carbonyl (C=O) groups is 1. The number of piperidine rings is 1. The molecular weight excluding hydrogens is 342 g/mol. The minimum atomic E-state index is -3.19. The molecule has 1 aliphatic carbocycles. The maximum absolute atomic E-state index is 12.3. The number of sulfonamides is 1. The van der Waals surface area contributed by atoms with E-state index in [1.807, 2.05) is 18.7 Å². The summed E-state index contributed by atoms with van der Waals surface area (Å²) >= 11 is 0. The third kappa shape index (κ3) is 4.46. The van der Waals surface area contributed by atoms with Crippen LogP contribution in [0.4, 0.5) is 4.79 Å². The van der Waals surface area contributed by atoms with E-state index >= 15 is 0 Å². The molecule has 1 spiro atoms. The molecule has 0 aromatic rings. The second kappa shape index (κ2) is 7.04. The van der Waals surface area contributed by atoms with E-state index in [1.165, 1.54) is 6.26 Å². The first-order chi connectivity index (χ1) is 11.7. The van der Waals surface area contributed by atoms with Gasteiger partial charge in [0, 0.05) is 37.8 Å². The molecular formula is C17H31N3O4S. The van der Waals surface area contributed by atoms with Crippen LogP contribution in [-0.2, 0) is 14.8 Å². The molecule has 3 aliphatic rings. The smallest absolute Gasteiger partial charge is 0.317 e. The van der Waals surface area contributed by atoms with E-state index in [4.69, 9.17) is 4.74 Å². The van der Waals surface area contributed by atoms with Gasteiger partial charge in [0.2, 0.25) is 10.0 Å². The van der Waals surface area contributed by atoms with Crippen molar-refractivity contribution in [2.75, 3.05) is 26.0 Å². The van der Waals surface area contributed by atoms with Crippen molar-refractivity contribution in [3.8, 4) is 0 Å². The lowest BCUT2D eigenvalue weighted by molar-refractivity contribution is -0.122. The van der Waals surface area contributed by atoms with E-state index in [9.17, 15) is 13.2 Å². The first-order valence-electron chi connectivity index (χ1n) is 9.38. The maximum Gasteiger partial charge on any atom is 0.317 e. The molecule has 2 aliphatic heterocycles. The third-order valence-corrected chi connectivity index (χ3v) is 6.85. The Morgan fingerprint density at radius 1 is 1.20 bits per heavy atom. The molecule has 3 fully saturated rings. The minimum Gasteiger partial charge on any atom is -0.375 e. The number of hydrogen-bond acceptors (Lipinski definition) is 4. The molecule has 0 aromatic heterocycles. The summed E-state index contributed by atoms with van der Waals surface area (Å²) in [5, 5.41) is 2.93. The average molecular weight is 374 g/mol. The van der Waals surface area contributed by atoms with Crippen LogP contribution in [-0.4, -0.2) is 73.3 Å². The Kier molecular flexibility index (Phi) is 5.33. The van der Waals surface area contributed by atoms with Crippen molar-refractivity contribution in [1.82, 2.24) is 14.5 Å². The molecule has 1 N–H and O–H groups in total. The quantitative estimate of drug-likeness (QED) is 0.811. The molecule has 1 atom stereocenters. The van der Waals surface area contributed by atoms with Gasteiger partial charge in [-0.05, 0) is 52.4 Å². The molecule has 2 amide bonds. The molecule has 1 saturated carbocycles. The predicted octanol–water partition coefficient (Wildman–Crippen LogP) is 1.54. The van der Waals surface area contributed by atoms with Crippen LogP contribution in [0.25, 0.3) is 0 Å². The zero-order chi connectivity index (χ0) is 18.2. The van der Waals surface area contributed by atoms with Crippen molar-refractivity contribution in [1.29, 1.82) is 0 Å². The summed E-state index contributed by atoms with van der Waals surface area (Å²) in [6.07, 6.45) is 6.33. The van der Waals surface area contributed by atoms with Crippen molar-refractivity contribution in [2.24, 2.45) is 0 Å². The number of carbonyl (C=O) groups excluding carboxylic acids is 1. The summed E-state index contributed by atoms with van der Waals surface area (Å²) in [6, 6.07) is 0.327. The van der Waals surface area contributed by atoms with Gasteiger partial charge in [0.1, 0.15) is 0 Å². The van der Waals surface area contributed by atoms with Crippen LogP contribution in [0.5, 0.6) is 0 Å². The normalized spacial score (nSPS) is 27.1. The number of urea groups is 1. The van der Waals surface area contributed by atoms with E-state index in [0.717, 1.165) is 38.5 Å². The molecule has 3 rings (SSSR count). The number of rotatable bonds is 4. The van der Waals surface area contributed by atoms with Crippen molar-refractivity contribution >= 4 is 16.1 Å². The second-order valence-electron chi connectivity index (χ2n) is 8.09. The van der Waals surface area contributed by atoms with Crippen LogP contribution in [0, 0.1) is 0 Å². The van der Waals surface area contributed by atoms with Crippen LogP contribution in [0.3, 0.4) is 0 Å². The van der Waals surface area contributed by atoms with Gasteiger partial charge < -0.3 is 15.0 Å². The van der Waals surface area contributed by atoms with Gasteiger partial charge >= 0.3 is 6.03 Å². The first kappa shape index (κ1) is 18.9. The van der Waals surface area contributed by atoms with Gasteiger partial charge in [-0.15, -0.1) is 0 Å². The zero-order valence-electron chi connectivity index (χ0n) is 15.5. The molecule has 7 nitrogen and oxygen atoms in total. The highest BCUT2D eigenvalue weighted by Gasteiger charge is 2.47. The van der Waals surface area contributed by atoms with Gasteiger partial charge in [0.25, 0.3) is 0 Å². The van der Waals surface area contributed by atoms with Gasteiger partial charge in [-0.2, -0.15) is 4.31 Å². The molecule has 25 heavy (non-hydrogen) atoms. The highest BCUT2D eigenvalue weighted by Crippen LogP contribution is 2.41. The van der Waals surface area contributed by atoms with Gasteiger partial charge in [0.15, 0.2) is 0 Å². The molecule has 8 heteroatoms. The Morgan fingerprint density at radius 2 is 1.84 bits per heavy atom. The predicted molar refractivity (Wildman–Crippen MR) is 95.9 cm³/mol. The SMILES string of the molecule is CC(C)NC(=O)N1CCC2(CC1)CC(N(C1CC1)S(C)(=O)=O)CCO2. The lowest BCUT2D eigenvalue weighted by Gasteiger charge is -2.48. The van der Waals surface area contributed by atoms with E-state index in [0.29, 0.717) is 19.7 Å². The van der Waals surface area contributed by atoms with Crippen molar-refractivity contribution in [3.05, 3.63) is 0 Å². The Bertz CT molecular complexity index is 595. The fraction of sp³-hybridized carbons (Fsp3) is 0.941. The Hall–Kier alpha value is -0.860. The van der Waals surface area contributed by atoms with E-state index in [1.54, 1.807) is 4.31 Å². The molecule has 2 saturated heterocycles. The Morgan fingerprint density at radius 3 is 2.36 bits per heavy atom. The zero-order valence-corrected chi connectivity index (χ0v) is 16.3. The topological polar surface area (TPSA) is 79.0 Å². The van der Waals surface area contributed by atoms with Crippen LogP contribution >= 0.6 is 0 Å². The van der Waals surface area contributed by atoms with Crippen LogP contribution < -0.4 is 5.32 Å². The van der Waals surface area contributed by atoms with E-state index in [2.05, 4.69) is 5.32 Å². The largest absolute Gasteiger partial charge is 0.375 e. The number of nitrogens with zero attached hydrogens (tertiary/aromatic N) is 2. The van der Waals surface area contributed by atoms with Crippen LogP contribution in [0.15, 0.2) is 0 Å². The molecule has 0 aromatic carbocycles. The summed E-state index contributed by atoms with van der Waals surface area (Å²) in [7, 11) is -3.19. The van der Waals surface area contributed by atoms with Gasteiger partial charge in [-0.25, -0.2) is 13.2 Å². The fourth-order valence-electron chi connectivity index (χ4n) is 4.19. The number of nitrogens with one attached hydrogen (secondary N) is 1. The highest BCUT2D eigenvalue weighted by molar-refractivity contribution is 7.88. The monoisotopic (exact) mass is 373 g/mol. The number of likely N-dealkylation sites (tertiary alicyclic amines) is 1. The fourth-order valence-corrected chi connectivity index (χ4v) is 5.67. The Balaban J connectivity index is 1.63. The molecule has 0 bridgehead atoms. The molecule has 2 heterocycles. The van der Waals surface area contributed by atoms with Crippen LogP contribution in [0.2, 0.25) is 0 Å². The van der Waals surface area contributed by atoms with Gasteiger partial charge in [-0.3, -0.25) is 0 Å². The van der Waals surface area contributed by atoms with Crippen molar-refractivity contribution in [2.45, 2.75) is 76.1 Å². The number of amides is 2. The first-order valence-corrected chi connectivity index (χ1v) is 11.2. The average Bonchev–Trinajstić information content (AvgIpc) is 3.30. The molecule has 144 valence electrons. The van der Waals surface area contributed by atoms with Gasteiger partial charge in [0.05, 0.1) is 11.9 Å². The summed E-state index contributed by atoms with van der Waals surface area (Å²) in [4.78, 5) is 14.0. The lowest BCUT2D eigenvalue weighted by Crippen LogP contribution is -2.56. The summed E-state index contributed by atoms with van der Waals surface area (Å²) < 4.78 is 32.4. The van der Waals surface area contributed by atoms with Crippen molar-refractivity contribution in [3.63, 3.8) is 0 Å². The maximum atomic E-state index is 12.3. The standard InChI is InChI=1S/C17H31N3O4S/c1-13(2)18-16(21)19-9-7-17(8-10-19)12-15(6-11-24-17)20(14-4-5-14)25(3,22)23/h13-15H,4-12H2,1-3H3,(H,18,21). The molecule has 1 unspecified atom stereocenters.